The molecule has 6 heteroatoms. The molecule has 0 saturated carbocycles. The maximum Gasteiger partial charge on any atom is 0.243 e. The van der Waals surface area contributed by atoms with E-state index in [-0.39, 0.29) is 6.04 Å². The zero-order valence-electron chi connectivity index (χ0n) is 10.5. The van der Waals surface area contributed by atoms with Crippen LogP contribution >= 0.6 is 0 Å². The summed E-state index contributed by atoms with van der Waals surface area (Å²) in [5, 5.41) is 3.88. The highest BCUT2D eigenvalue weighted by Gasteiger charge is 2.13. The third-order valence-electron chi connectivity index (χ3n) is 2.47. The summed E-state index contributed by atoms with van der Waals surface area (Å²) in [4.78, 5) is 4.21. The Morgan fingerprint density at radius 1 is 1.22 bits per heavy atom. The van der Waals surface area contributed by atoms with E-state index in [4.69, 9.17) is 19.7 Å². The molecule has 0 aliphatic rings. The van der Waals surface area contributed by atoms with Crippen molar-refractivity contribution in [1.82, 2.24) is 10.1 Å². The zero-order chi connectivity index (χ0) is 13.1. The molecule has 0 aliphatic heterocycles. The predicted octanol–water partition coefficient (Wildman–Crippen LogP) is 1.77. The van der Waals surface area contributed by atoms with Crippen LogP contribution in [-0.2, 0) is 0 Å². The molecule has 0 bridgehead atoms. The van der Waals surface area contributed by atoms with Crippen molar-refractivity contribution in [1.29, 1.82) is 0 Å². The van der Waals surface area contributed by atoms with Crippen molar-refractivity contribution in [2.24, 2.45) is 5.73 Å². The fourth-order valence-corrected chi connectivity index (χ4v) is 1.51. The first-order valence-corrected chi connectivity index (χ1v) is 5.47. The number of hydrogen-bond acceptors (Lipinski definition) is 6. The lowest BCUT2D eigenvalue weighted by atomic mass is 10.2. The highest BCUT2D eigenvalue weighted by Crippen LogP contribution is 2.31. The van der Waals surface area contributed by atoms with Gasteiger partial charge in [-0.15, -0.1) is 0 Å². The molecule has 1 aromatic carbocycles. The van der Waals surface area contributed by atoms with Crippen molar-refractivity contribution in [3.05, 3.63) is 24.1 Å². The second-order valence-electron chi connectivity index (χ2n) is 3.81. The van der Waals surface area contributed by atoms with Crippen molar-refractivity contribution in [3.8, 4) is 22.9 Å². The van der Waals surface area contributed by atoms with Crippen LogP contribution in [-0.4, -0.2) is 24.4 Å². The van der Waals surface area contributed by atoms with Gasteiger partial charge in [-0.2, -0.15) is 4.98 Å². The normalized spacial score (nSPS) is 12.2. The Kier molecular flexibility index (Phi) is 3.47. The minimum Gasteiger partial charge on any atom is -0.493 e. The highest BCUT2D eigenvalue weighted by atomic mass is 16.5. The summed E-state index contributed by atoms with van der Waals surface area (Å²) < 4.78 is 15.4. The molecular weight excluding hydrogens is 234 g/mol. The van der Waals surface area contributed by atoms with Crippen LogP contribution in [0.25, 0.3) is 11.4 Å². The van der Waals surface area contributed by atoms with E-state index in [9.17, 15) is 0 Å². The Labute approximate surface area is 105 Å². The molecule has 18 heavy (non-hydrogen) atoms. The first kappa shape index (κ1) is 12.4. The summed E-state index contributed by atoms with van der Waals surface area (Å²) in [7, 11) is 3.16. The van der Waals surface area contributed by atoms with Gasteiger partial charge in [-0.3, -0.25) is 0 Å². The number of benzene rings is 1. The highest BCUT2D eigenvalue weighted by molar-refractivity contribution is 5.60. The van der Waals surface area contributed by atoms with Gasteiger partial charge in [-0.05, 0) is 25.1 Å². The Hall–Kier alpha value is -2.08. The molecular formula is C12H15N3O3. The Balaban J connectivity index is 2.38. The van der Waals surface area contributed by atoms with Crippen molar-refractivity contribution in [2.45, 2.75) is 13.0 Å². The number of nitrogens with zero attached hydrogens (tertiary/aromatic N) is 2. The van der Waals surface area contributed by atoms with Gasteiger partial charge in [-0.1, -0.05) is 5.16 Å². The number of aromatic nitrogens is 2. The molecule has 96 valence electrons. The van der Waals surface area contributed by atoms with Gasteiger partial charge in [0.05, 0.1) is 20.3 Å². The summed E-state index contributed by atoms with van der Waals surface area (Å²) in [6, 6.07) is 5.12. The molecule has 0 radical (unpaired) electrons. The molecule has 0 saturated heterocycles. The lowest BCUT2D eigenvalue weighted by Gasteiger charge is -2.07. The average Bonchev–Trinajstić information content (AvgIpc) is 2.87. The van der Waals surface area contributed by atoms with Gasteiger partial charge < -0.3 is 19.7 Å². The van der Waals surface area contributed by atoms with E-state index in [0.717, 1.165) is 5.56 Å². The van der Waals surface area contributed by atoms with Gasteiger partial charge in [0.25, 0.3) is 0 Å². The zero-order valence-corrected chi connectivity index (χ0v) is 10.5. The fourth-order valence-electron chi connectivity index (χ4n) is 1.51. The molecule has 0 amide bonds. The predicted molar refractivity (Wildman–Crippen MR) is 65.4 cm³/mol. The van der Waals surface area contributed by atoms with Gasteiger partial charge >= 0.3 is 0 Å². The molecule has 2 rings (SSSR count). The van der Waals surface area contributed by atoms with Crippen LogP contribution in [0.4, 0.5) is 0 Å². The summed E-state index contributed by atoms with van der Waals surface area (Å²) >= 11 is 0. The van der Waals surface area contributed by atoms with E-state index in [1.807, 2.05) is 6.07 Å². The fraction of sp³-hybridized carbons (Fsp3) is 0.333. The number of ether oxygens (including phenoxy) is 2. The van der Waals surface area contributed by atoms with Crippen LogP contribution in [0.2, 0.25) is 0 Å². The van der Waals surface area contributed by atoms with Crippen molar-refractivity contribution < 1.29 is 14.0 Å². The molecule has 1 atom stereocenters. The maximum absolute atomic E-state index is 5.67. The van der Waals surface area contributed by atoms with E-state index in [0.29, 0.717) is 23.2 Å². The van der Waals surface area contributed by atoms with Gasteiger partial charge in [-0.25, -0.2) is 0 Å². The summed E-state index contributed by atoms with van der Waals surface area (Å²) in [6.45, 7) is 1.78. The molecule has 0 unspecified atom stereocenters. The van der Waals surface area contributed by atoms with Crippen LogP contribution in [0, 0.1) is 0 Å². The second kappa shape index (κ2) is 5.05. The molecule has 1 aromatic heterocycles. The van der Waals surface area contributed by atoms with E-state index in [1.54, 1.807) is 33.3 Å². The number of methoxy groups -OCH3 is 2. The average molecular weight is 249 g/mol. The first-order valence-electron chi connectivity index (χ1n) is 5.47. The van der Waals surface area contributed by atoms with Gasteiger partial charge in [0.2, 0.25) is 11.7 Å². The number of nitrogens with two attached hydrogens (primary N) is 1. The van der Waals surface area contributed by atoms with Crippen LogP contribution in [0.3, 0.4) is 0 Å². The lowest BCUT2D eigenvalue weighted by molar-refractivity contribution is 0.355. The van der Waals surface area contributed by atoms with Crippen LogP contribution < -0.4 is 15.2 Å². The van der Waals surface area contributed by atoms with E-state index < -0.39 is 0 Å². The van der Waals surface area contributed by atoms with Gasteiger partial charge in [0, 0.05) is 5.56 Å². The molecule has 2 aromatic rings. The van der Waals surface area contributed by atoms with Gasteiger partial charge in [0.15, 0.2) is 11.5 Å². The first-order chi connectivity index (χ1) is 8.65. The minimum atomic E-state index is -0.286. The summed E-state index contributed by atoms with van der Waals surface area (Å²) in [6.07, 6.45) is 0. The number of rotatable bonds is 4. The molecule has 0 fully saturated rings. The monoisotopic (exact) mass is 249 g/mol. The minimum absolute atomic E-state index is 0.286. The topological polar surface area (TPSA) is 83.4 Å². The maximum atomic E-state index is 5.67. The lowest BCUT2D eigenvalue weighted by Crippen LogP contribution is -2.04. The summed E-state index contributed by atoms with van der Waals surface area (Å²) in [5.41, 5.74) is 6.45. The smallest absolute Gasteiger partial charge is 0.243 e. The Bertz CT molecular complexity index is 537. The second-order valence-corrected chi connectivity index (χ2v) is 3.81. The van der Waals surface area contributed by atoms with Crippen LogP contribution in [0.1, 0.15) is 18.9 Å². The van der Waals surface area contributed by atoms with Crippen molar-refractivity contribution in [2.75, 3.05) is 14.2 Å². The van der Waals surface area contributed by atoms with E-state index in [2.05, 4.69) is 10.1 Å². The Morgan fingerprint density at radius 2 is 1.94 bits per heavy atom. The van der Waals surface area contributed by atoms with Gasteiger partial charge in [0.1, 0.15) is 0 Å². The molecule has 1 heterocycles. The third kappa shape index (κ3) is 2.28. The van der Waals surface area contributed by atoms with Crippen LogP contribution in [0.5, 0.6) is 11.5 Å². The quantitative estimate of drug-likeness (QED) is 0.889. The van der Waals surface area contributed by atoms with Crippen LogP contribution in [0.15, 0.2) is 22.7 Å². The van der Waals surface area contributed by atoms with Crippen molar-refractivity contribution >= 4 is 0 Å². The van der Waals surface area contributed by atoms with E-state index >= 15 is 0 Å². The SMILES string of the molecule is COc1ccc(-c2noc([C@@H](C)N)n2)cc1OC. The largest absolute Gasteiger partial charge is 0.493 e. The molecule has 2 N–H and O–H groups in total. The van der Waals surface area contributed by atoms with E-state index in [1.165, 1.54) is 0 Å². The van der Waals surface area contributed by atoms with Crippen molar-refractivity contribution in [3.63, 3.8) is 0 Å². The molecule has 6 nitrogen and oxygen atoms in total. The standard InChI is InChI=1S/C12H15N3O3/c1-7(13)12-14-11(15-18-12)8-4-5-9(16-2)10(6-8)17-3/h4-7H,13H2,1-3H3/t7-/m1/s1. The number of hydrogen-bond donors (Lipinski definition) is 1. The molecule has 0 spiro atoms. The third-order valence-corrected chi connectivity index (χ3v) is 2.47. The summed E-state index contributed by atoms with van der Waals surface area (Å²) in [5.74, 6) is 2.14. The molecule has 0 aliphatic carbocycles. The Morgan fingerprint density at radius 3 is 2.50 bits per heavy atom.